The minimum Gasteiger partial charge on any atom is -0.335 e. The Morgan fingerprint density at radius 3 is 2.60 bits per heavy atom. The molecular weight excluding hydrogens is 314 g/mol. The van der Waals surface area contributed by atoms with Crippen LogP contribution in [0.4, 0.5) is 4.79 Å². The largest absolute Gasteiger partial charge is 0.335 e. The second-order valence-electron chi connectivity index (χ2n) is 7.83. The van der Waals surface area contributed by atoms with Crippen LogP contribution in [0, 0.1) is 0 Å². The van der Waals surface area contributed by atoms with E-state index < -0.39 is 0 Å². The van der Waals surface area contributed by atoms with E-state index in [0.29, 0.717) is 12.0 Å². The fourth-order valence-corrected chi connectivity index (χ4v) is 4.03. The van der Waals surface area contributed by atoms with Gasteiger partial charge in [-0.1, -0.05) is 19.3 Å². The average molecular weight is 348 g/mol. The molecule has 0 unspecified atom stereocenters. The fourth-order valence-electron chi connectivity index (χ4n) is 4.03. The second-order valence-corrected chi connectivity index (χ2v) is 7.83. The monoisotopic (exact) mass is 347 g/mol. The molecule has 2 amide bonds. The first-order valence-corrected chi connectivity index (χ1v) is 9.84. The summed E-state index contributed by atoms with van der Waals surface area (Å²) in [5.41, 5.74) is 0. The van der Waals surface area contributed by atoms with E-state index in [2.05, 4.69) is 40.1 Å². The maximum absolute atomic E-state index is 12.5. The highest BCUT2D eigenvalue weighted by molar-refractivity contribution is 5.74. The summed E-state index contributed by atoms with van der Waals surface area (Å²) in [6.45, 7) is 3.67. The van der Waals surface area contributed by atoms with Crippen molar-refractivity contribution in [3.8, 4) is 0 Å². The van der Waals surface area contributed by atoms with Gasteiger partial charge in [0.25, 0.3) is 0 Å². The zero-order chi connectivity index (χ0) is 17.6. The van der Waals surface area contributed by atoms with Gasteiger partial charge in [0.05, 0.1) is 0 Å². The van der Waals surface area contributed by atoms with E-state index in [1.807, 2.05) is 11.1 Å². The van der Waals surface area contributed by atoms with E-state index >= 15 is 0 Å². The minimum absolute atomic E-state index is 0.140. The molecule has 25 heavy (non-hydrogen) atoms. The van der Waals surface area contributed by atoms with Gasteiger partial charge in [-0.3, -0.25) is 0 Å². The van der Waals surface area contributed by atoms with Crippen molar-refractivity contribution in [3.63, 3.8) is 0 Å². The summed E-state index contributed by atoms with van der Waals surface area (Å²) in [5.74, 6) is 1.66. The number of urea groups is 1. The number of carbonyl (C=O) groups is 1. The van der Waals surface area contributed by atoms with Crippen LogP contribution in [0.15, 0.2) is 12.4 Å². The highest BCUT2D eigenvalue weighted by atomic mass is 16.2. The molecule has 1 aliphatic heterocycles. The van der Waals surface area contributed by atoms with E-state index in [1.54, 1.807) is 0 Å². The van der Waals surface area contributed by atoms with Crippen molar-refractivity contribution >= 4 is 6.03 Å². The Balaban J connectivity index is 1.48. The molecule has 1 saturated carbocycles. The molecule has 1 N–H and O–H groups in total. The molecule has 1 aromatic rings. The van der Waals surface area contributed by atoms with Gasteiger partial charge in [-0.15, -0.1) is 0 Å². The Labute approximate surface area is 151 Å². The number of amides is 2. The van der Waals surface area contributed by atoms with Gasteiger partial charge in [0, 0.05) is 50.5 Å². The number of imidazole rings is 1. The van der Waals surface area contributed by atoms with Gasteiger partial charge >= 0.3 is 6.03 Å². The lowest BCUT2D eigenvalue weighted by molar-refractivity contribution is 0.173. The standard InChI is InChI=1S/C19H33N5O/c1-22(2)14-15-23-13-10-20-18(23)16-8-11-24(12-9-16)19(25)21-17-6-4-3-5-7-17/h10,13,16-17H,3-9,11-12,14-15H2,1-2H3,(H,21,25). The molecular formula is C19H33N5O. The van der Waals surface area contributed by atoms with Gasteiger partial charge in [-0.05, 0) is 39.8 Å². The Morgan fingerprint density at radius 2 is 1.92 bits per heavy atom. The van der Waals surface area contributed by atoms with E-state index in [9.17, 15) is 4.79 Å². The Bertz CT molecular complexity index is 542. The van der Waals surface area contributed by atoms with Crippen molar-refractivity contribution in [2.75, 3.05) is 33.7 Å². The first-order chi connectivity index (χ1) is 12.1. The van der Waals surface area contributed by atoms with Crippen molar-refractivity contribution in [3.05, 3.63) is 18.2 Å². The predicted octanol–water partition coefficient (Wildman–Crippen LogP) is 2.67. The van der Waals surface area contributed by atoms with Gasteiger partial charge in [-0.25, -0.2) is 9.78 Å². The fraction of sp³-hybridized carbons (Fsp3) is 0.789. The van der Waals surface area contributed by atoms with Gasteiger partial charge in [-0.2, -0.15) is 0 Å². The third-order valence-corrected chi connectivity index (χ3v) is 5.62. The smallest absolute Gasteiger partial charge is 0.317 e. The normalized spacial score (nSPS) is 20.2. The number of hydrogen-bond donors (Lipinski definition) is 1. The molecule has 2 aliphatic rings. The molecule has 0 aromatic carbocycles. The molecule has 1 aromatic heterocycles. The van der Waals surface area contributed by atoms with Crippen molar-refractivity contribution in [2.45, 2.75) is 63.5 Å². The molecule has 0 bridgehead atoms. The number of rotatable bonds is 5. The van der Waals surface area contributed by atoms with Crippen LogP contribution in [0.1, 0.15) is 56.7 Å². The average Bonchev–Trinajstić information content (AvgIpc) is 3.09. The quantitative estimate of drug-likeness (QED) is 0.891. The van der Waals surface area contributed by atoms with Crippen LogP contribution >= 0.6 is 0 Å². The maximum Gasteiger partial charge on any atom is 0.317 e. The van der Waals surface area contributed by atoms with Crippen LogP contribution < -0.4 is 5.32 Å². The van der Waals surface area contributed by atoms with Gasteiger partial charge in [0.15, 0.2) is 0 Å². The van der Waals surface area contributed by atoms with Crippen molar-refractivity contribution in [1.29, 1.82) is 0 Å². The number of likely N-dealkylation sites (N-methyl/N-ethyl adjacent to an activating group) is 1. The molecule has 2 fully saturated rings. The van der Waals surface area contributed by atoms with Crippen LogP contribution in [-0.4, -0.2) is 65.2 Å². The van der Waals surface area contributed by atoms with Crippen molar-refractivity contribution in [1.82, 2.24) is 24.7 Å². The Kier molecular flexibility index (Phi) is 6.34. The number of likely N-dealkylation sites (tertiary alicyclic amines) is 1. The van der Waals surface area contributed by atoms with Crippen LogP contribution in [0.3, 0.4) is 0 Å². The highest BCUT2D eigenvalue weighted by Gasteiger charge is 2.27. The summed E-state index contributed by atoms with van der Waals surface area (Å²) < 4.78 is 2.28. The van der Waals surface area contributed by atoms with Crippen molar-refractivity contribution in [2.24, 2.45) is 0 Å². The Hall–Kier alpha value is -1.56. The Morgan fingerprint density at radius 1 is 1.20 bits per heavy atom. The molecule has 140 valence electrons. The molecule has 0 spiro atoms. The second kappa shape index (κ2) is 8.70. The number of nitrogens with zero attached hydrogens (tertiary/aromatic N) is 4. The topological polar surface area (TPSA) is 53.4 Å². The van der Waals surface area contributed by atoms with E-state index in [-0.39, 0.29) is 6.03 Å². The summed E-state index contributed by atoms with van der Waals surface area (Å²) in [5, 5.41) is 3.24. The van der Waals surface area contributed by atoms with Gasteiger partial charge < -0.3 is 19.7 Å². The van der Waals surface area contributed by atoms with Gasteiger partial charge in [0.2, 0.25) is 0 Å². The number of nitrogens with one attached hydrogen (secondary N) is 1. The molecule has 0 atom stereocenters. The minimum atomic E-state index is 0.140. The third-order valence-electron chi connectivity index (χ3n) is 5.62. The third kappa shape index (κ3) is 4.97. The molecule has 2 heterocycles. The zero-order valence-electron chi connectivity index (χ0n) is 15.8. The van der Waals surface area contributed by atoms with Crippen LogP contribution in [0.5, 0.6) is 0 Å². The molecule has 1 saturated heterocycles. The highest BCUT2D eigenvalue weighted by Crippen LogP contribution is 2.27. The van der Waals surface area contributed by atoms with E-state index in [4.69, 9.17) is 0 Å². The molecule has 1 aliphatic carbocycles. The molecule has 6 nitrogen and oxygen atoms in total. The zero-order valence-corrected chi connectivity index (χ0v) is 15.8. The first-order valence-electron chi connectivity index (χ1n) is 9.84. The lowest BCUT2D eigenvalue weighted by atomic mass is 9.95. The maximum atomic E-state index is 12.5. The molecule has 3 rings (SSSR count). The van der Waals surface area contributed by atoms with E-state index in [1.165, 1.54) is 25.1 Å². The number of piperidine rings is 1. The number of carbonyl (C=O) groups excluding carboxylic acids is 1. The van der Waals surface area contributed by atoms with Crippen LogP contribution in [0.25, 0.3) is 0 Å². The van der Waals surface area contributed by atoms with Crippen LogP contribution in [-0.2, 0) is 6.54 Å². The summed E-state index contributed by atoms with van der Waals surface area (Å²) >= 11 is 0. The van der Waals surface area contributed by atoms with Gasteiger partial charge in [0.1, 0.15) is 5.82 Å². The lowest BCUT2D eigenvalue weighted by Crippen LogP contribution is -2.48. The summed E-state index contributed by atoms with van der Waals surface area (Å²) in [4.78, 5) is 21.3. The summed E-state index contributed by atoms with van der Waals surface area (Å²) in [7, 11) is 4.19. The predicted molar refractivity (Wildman–Crippen MR) is 99.7 cm³/mol. The molecule has 6 heteroatoms. The van der Waals surface area contributed by atoms with Crippen LogP contribution in [0.2, 0.25) is 0 Å². The molecule has 0 radical (unpaired) electrons. The summed E-state index contributed by atoms with van der Waals surface area (Å²) in [6.07, 6.45) is 12.1. The van der Waals surface area contributed by atoms with Crippen molar-refractivity contribution < 1.29 is 4.79 Å². The van der Waals surface area contributed by atoms with E-state index in [0.717, 1.165) is 51.9 Å². The number of hydrogen-bond acceptors (Lipinski definition) is 3. The SMILES string of the molecule is CN(C)CCn1ccnc1C1CCN(C(=O)NC2CCCCC2)CC1. The first kappa shape index (κ1) is 18.2. The lowest BCUT2D eigenvalue weighted by Gasteiger charge is -2.34. The summed E-state index contributed by atoms with van der Waals surface area (Å²) in [6, 6.07) is 0.533. The number of aromatic nitrogens is 2.